The van der Waals surface area contributed by atoms with Gasteiger partial charge in [-0.15, -0.1) is 0 Å². The summed E-state index contributed by atoms with van der Waals surface area (Å²) < 4.78 is 48.7. The molecule has 2 rings (SSSR count). The first-order valence-corrected chi connectivity index (χ1v) is 9.07. The summed E-state index contributed by atoms with van der Waals surface area (Å²) in [7, 11) is -7.63. The van der Waals surface area contributed by atoms with Crippen LogP contribution in [0.25, 0.3) is 0 Å². The zero-order valence-electron chi connectivity index (χ0n) is 10.8. The molecule has 4 N–H and O–H groups in total. The van der Waals surface area contributed by atoms with Crippen LogP contribution in [0, 0.1) is 5.92 Å². The molecule has 112 valence electrons. The highest BCUT2D eigenvalue weighted by Crippen LogP contribution is 2.24. The largest absolute Gasteiger partial charge is 0.330 e. The summed E-state index contributed by atoms with van der Waals surface area (Å²) in [6.07, 6.45) is 0.713. The molecule has 0 spiro atoms. The van der Waals surface area contributed by atoms with Crippen molar-refractivity contribution in [2.45, 2.75) is 16.2 Å². The number of nitrogens with two attached hydrogens (primary N) is 2. The van der Waals surface area contributed by atoms with Gasteiger partial charge in [-0.1, -0.05) is 6.07 Å². The summed E-state index contributed by atoms with van der Waals surface area (Å²) in [6.45, 7) is 1.19. The van der Waals surface area contributed by atoms with Crippen molar-refractivity contribution < 1.29 is 16.8 Å². The lowest BCUT2D eigenvalue weighted by molar-refractivity contribution is 0.459. The van der Waals surface area contributed by atoms with E-state index in [0.717, 1.165) is 6.07 Å². The van der Waals surface area contributed by atoms with Crippen LogP contribution in [0.4, 0.5) is 0 Å². The standard InChI is InChI=1S/C11H17N3O4S2/c12-7-9-4-5-14(8-9)20(17,18)11-3-1-2-10(6-11)19(13,15)16/h1-3,6,9H,4-5,7-8,12H2,(H2,13,15,16). The van der Waals surface area contributed by atoms with Gasteiger partial charge in [0.05, 0.1) is 9.79 Å². The Morgan fingerprint density at radius 2 is 1.85 bits per heavy atom. The van der Waals surface area contributed by atoms with Gasteiger partial charge in [-0.2, -0.15) is 4.31 Å². The van der Waals surface area contributed by atoms with Crippen LogP contribution in [-0.4, -0.2) is 40.8 Å². The molecule has 1 aromatic carbocycles. The predicted octanol–water partition coefficient (Wildman–Crippen LogP) is -0.697. The number of rotatable bonds is 4. The van der Waals surface area contributed by atoms with Crippen molar-refractivity contribution in [3.63, 3.8) is 0 Å². The maximum absolute atomic E-state index is 12.4. The second-order valence-electron chi connectivity index (χ2n) is 4.77. The van der Waals surface area contributed by atoms with E-state index in [4.69, 9.17) is 10.9 Å². The Morgan fingerprint density at radius 1 is 1.20 bits per heavy atom. The molecule has 1 aromatic rings. The first-order valence-electron chi connectivity index (χ1n) is 6.08. The fourth-order valence-electron chi connectivity index (χ4n) is 2.17. The molecule has 1 saturated heterocycles. The highest BCUT2D eigenvalue weighted by molar-refractivity contribution is 7.90. The Kier molecular flexibility index (Phi) is 4.17. The Morgan fingerprint density at radius 3 is 2.40 bits per heavy atom. The third kappa shape index (κ3) is 3.01. The summed E-state index contributed by atoms with van der Waals surface area (Å²) >= 11 is 0. The monoisotopic (exact) mass is 319 g/mol. The van der Waals surface area contributed by atoms with Crippen molar-refractivity contribution in [2.24, 2.45) is 16.8 Å². The van der Waals surface area contributed by atoms with E-state index >= 15 is 0 Å². The SMILES string of the molecule is NCC1CCN(S(=O)(=O)c2cccc(S(N)(=O)=O)c2)C1. The summed E-state index contributed by atoms with van der Waals surface area (Å²) in [5.74, 6) is 0.145. The lowest BCUT2D eigenvalue weighted by Gasteiger charge is -2.16. The van der Waals surface area contributed by atoms with Crippen LogP contribution in [0.1, 0.15) is 6.42 Å². The quantitative estimate of drug-likeness (QED) is 0.759. The average Bonchev–Trinajstić information content (AvgIpc) is 2.87. The molecule has 9 heteroatoms. The molecule has 20 heavy (non-hydrogen) atoms. The fraction of sp³-hybridized carbons (Fsp3) is 0.455. The first kappa shape index (κ1) is 15.4. The van der Waals surface area contributed by atoms with E-state index in [9.17, 15) is 16.8 Å². The van der Waals surface area contributed by atoms with Crippen molar-refractivity contribution in [1.82, 2.24) is 4.31 Å². The predicted molar refractivity (Wildman–Crippen MR) is 73.7 cm³/mol. The van der Waals surface area contributed by atoms with E-state index < -0.39 is 20.0 Å². The second-order valence-corrected chi connectivity index (χ2v) is 8.27. The first-order chi connectivity index (χ1) is 9.25. The lowest BCUT2D eigenvalue weighted by atomic mass is 10.1. The van der Waals surface area contributed by atoms with Crippen LogP contribution in [0.3, 0.4) is 0 Å². The number of hydrogen-bond donors (Lipinski definition) is 2. The third-order valence-corrected chi connectivity index (χ3v) is 6.13. The highest BCUT2D eigenvalue weighted by Gasteiger charge is 2.32. The van der Waals surface area contributed by atoms with Crippen LogP contribution in [0.2, 0.25) is 0 Å². The van der Waals surface area contributed by atoms with Crippen LogP contribution in [0.5, 0.6) is 0 Å². The average molecular weight is 319 g/mol. The molecule has 1 unspecified atom stereocenters. The summed E-state index contributed by atoms with van der Waals surface area (Å²) in [5, 5.41) is 5.01. The van der Waals surface area contributed by atoms with Gasteiger partial charge in [-0.25, -0.2) is 22.0 Å². The molecule has 1 fully saturated rings. The Bertz CT molecular complexity index is 700. The Labute approximate surface area is 118 Å². The van der Waals surface area contributed by atoms with Crippen LogP contribution >= 0.6 is 0 Å². The fourth-order valence-corrected chi connectivity index (χ4v) is 4.38. The lowest BCUT2D eigenvalue weighted by Crippen LogP contribution is -2.30. The summed E-state index contributed by atoms with van der Waals surface area (Å²) in [5.41, 5.74) is 5.54. The Balaban J connectivity index is 2.36. The van der Waals surface area contributed by atoms with Gasteiger partial charge in [0.15, 0.2) is 0 Å². The number of hydrogen-bond acceptors (Lipinski definition) is 5. The molecule has 1 heterocycles. The zero-order chi connectivity index (χ0) is 15.0. The van der Waals surface area contributed by atoms with Gasteiger partial charge < -0.3 is 5.73 Å². The van der Waals surface area contributed by atoms with Crippen LogP contribution in [-0.2, 0) is 20.0 Å². The van der Waals surface area contributed by atoms with Crippen molar-refractivity contribution in [3.8, 4) is 0 Å². The van der Waals surface area contributed by atoms with Gasteiger partial charge in [0, 0.05) is 13.1 Å². The van der Waals surface area contributed by atoms with E-state index in [1.54, 1.807) is 0 Å². The zero-order valence-corrected chi connectivity index (χ0v) is 12.4. The highest BCUT2D eigenvalue weighted by atomic mass is 32.2. The maximum Gasteiger partial charge on any atom is 0.243 e. The van der Waals surface area contributed by atoms with Gasteiger partial charge in [-0.3, -0.25) is 0 Å². The van der Waals surface area contributed by atoms with Crippen molar-refractivity contribution in [2.75, 3.05) is 19.6 Å². The normalized spacial score (nSPS) is 21.2. The summed E-state index contributed by atoms with van der Waals surface area (Å²) in [6, 6.07) is 5.07. The molecule has 0 bridgehead atoms. The molecule has 7 nitrogen and oxygen atoms in total. The molecule has 0 aromatic heterocycles. The molecule has 1 aliphatic heterocycles. The molecule has 0 radical (unpaired) electrons. The topological polar surface area (TPSA) is 124 Å². The molecule has 1 aliphatic rings. The van der Waals surface area contributed by atoms with Gasteiger partial charge in [-0.05, 0) is 37.1 Å². The molecular weight excluding hydrogens is 302 g/mol. The van der Waals surface area contributed by atoms with Crippen LogP contribution < -0.4 is 10.9 Å². The molecule has 0 saturated carbocycles. The smallest absolute Gasteiger partial charge is 0.243 e. The minimum absolute atomic E-state index is 0.0679. The van der Waals surface area contributed by atoms with Gasteiger partial charge >= 0.3 is 0 Å². The Hall–Kier alpha value is -1.00. The third-order valence-electron chi connectivity index (χ3n) is 3.35. The van der Waals surface area contributed by atoms with Gasteiger partial charge in [0.1, 0.15) is 0 Å². The number of nitrogens with zero attached hydrogens (tertiary/aromatic N) is 1. The minimum atomic E-state index is -3.93. The van der Waals surface area contributed by atoms with Crippen molar-refractivity contribution in [3.05, 3.63) is 24.3 Å². The van der Waals surface area contributed by atoms with E-state index in [-0.39, 0.29) is 15.7 Å². The molecule has 1 atom stereocenters. The molecular formula is C11H17N3O4S2. The molecule has 0 aliphatic carbocycles. The van der Waals surface area contributed by atoms with Crippen molar-refractivity contribution >= 4 is 20.0 Å². The van der Waals surface area contributed by atoms with Gasteiger partial charge in [0.2, 0.25) is 20.0 Å². The van der Waals surface area contributed by atoms with E-state index in [1.807, 2.05) is 0 Å². The van der Waals surface area contributed by atoms with Gasteiger partial charge in [0.25, 0.3) is 0 Å². The van der Waals surface area contributed by atoms with E-state index in [2.05, 4.69) is 0 Å². The van der Waals surface area contributed by atoms with Crippen molar-refractivity contribution in [1.29, 1.82) is 0 Å². The number of sulfonamides is 2. The summed E-state index contributed by atoms with van der Waals surface area (Å²) in [4.78, 5) is -0.283. The van der Waals surface area contributed by atoms with E-state index in [0.29, 0.717) is 26.1 Å². The minimum Gasteiger partial charge on any atom is -0.330 e. The van der Waals surface area contributed by atoms with E-state index in [1.165, 1.54) is 22.5 Å². The molecule has 0 amide bonds. The van der Waals surface area contributed by atoms with Crippen LogP contribution in [0.15, 0.2) is 34.1 Å². The number of primary sulfonamides is 1. The maximum atomic E-state index is 12.4. The number of benzene rings is 1. The second kappa shape index (κ2) is 5.41.